The molecule has 0 aromatic carbocycles. The van der Waals surface area contributed by atoms with Gasteiger partial charge in [-0.2, -0.15) is 10.5 Å². The van der Waals surface area contributed by atoms with Crippen LogP contribution in [-0.2, 0) is 0 Å². The topological polar surface area (TPSA) is 52.2 Å². The standard InChI is InChI=1S/C7H5N4/c1-2-9-7(5-8-1)6-3-10-11-4-6/h1-5H. The molecule has 53 valence electrons. The Bertz CT molecular complexity index is 301. The van der Waals surface area contributed by atoms with Crippen LogP contribution in [0.3, 0.4) is 0 Å². The maximum atomic E-state index is 4.08. The normalized spacial score (nSPS) is 14.4. The van der Waals surface area contributed by atoms with Crippen LogP contribution >= 0.6 is 0 Å². The van der Waals surface area contributed by atoms with Crippen LogP contribution < -0.4 is 5.43 Å². The number of allylic oxidation sites excluding steroid dienone is 1. The van der Waals surface area contributed by atoms with E-state index in [1.165, 1.54) is 0 Å². The lowest BCUT2D eigenvalue weighted by molar-refractivity contribution is 0.977. The molecular formula is C7H5N4. The average Bonchev–Trinajstić information content (AvgIpc) is 2.58. The van der Waals surface area contributed by atoms with Crippen LogP contribution in [-0.4, -0.2) is 16.2 Å². The second kappa shape index (κ2) is 2.49. The number of nitrogens with zero attached hydrogens (tertiary/aromatic N) is 4. The van der Waals surface area contributed by atoms with Crippen molar-refractivity contribution in [3.05, 3.63) is 30.5 Å². The molecule has 1 aliphatic heterocycles. The summed E-state index contributed by atoms with van der Waals surface area (Å²) >= 11 is 0. The average molecular weight is 145 g/mol. The van der Waals surface area contributed by atoms with Gasteiger partial charge in [-0.05, 0) is 0 Å². The first kappa shape index (κ1) is 6.03. The first-order chi connectivity index (χ1) is 5.47. The quantitative estimate of drug-likeness (QED) is 0.575. The van der Waals surface area contributed by atoms with Crippen LogP contribution in [0, 0.1) is 0 Å². The monoisotopic (exact) mass is 145 g/mol. The molecule has 1 aromatic heterocycles. The first-order valence-corrected chi connectivity index (χ1v) is 3.16. The fourth-order valence-electron chi connectivity index (χ4n) is 0.805. The van der Waals surface area contributed by atoms with E-state index < -0.39 is 0 Å². The van der Waals surface area contributed by atoms with E-state index in [2.05, 4.69) is 20.5 Å². The van der Waals surface area contributed by atoms with E-state index in [1.54, 1.807) is 31.0 Å². The molecule has 0 saturated carbocycles. The molecule has 1 aliphatic rings. The molecule has 0 bridgehead atoms. The summed E-state index contributed by atoms with van der Waals surface area (Å²) in [6.07, 6.45) is 8.27. The molecule has 0 N–H and O–H groups in total. The van der Waals surface area contributed by atoms with Crippen molar-refractivity contribution < 1.29 is 0 Å². The second-order valence-corrected chi connectivity index (χ2v) is 2.04. The van der Waals surface area contributed by atoms with E-state index in [0.717, 1.165) is 11.3 Å². The van der Waals surface area contributed by atoms with Gasteiger partial charge < -0.3 is 0 Å². The van der Waals surface area contributed by atoms with Gasteiger partial charge in [-0.25, -0.2) is 0 Å². The van der Waals surface area contributed by atoms with Crippen molar-refractivity contribution in [2.24, 2.45) is 5.10 Å². The van der Waals surface area contributed by atoms with Crippen LogP contribution in [0.1, 0.15) is 5.69 Å². The van der Waals surface area contributed by atoms with Crippen molar-refractivity contribution >= 4 is 11.8 Å². The highest BCUT2D eigenvalue weighted by atomic mass is 15.3. The third kappa shape index (κ3) is 1.10. The van der Waals surface area contributed by atoms with Gasteiger partial charge in [0.15, 0.2) is 0 Å². The van der Waals surface area contributed by atoms with E-state index in [9.17, 15) is 0 Å². The molecule has 2 rings (SSSR count). The Labute approximate surface area is 63.7 Å². The lowest BCUT2D eigenvalue weighted by Gasteiger charge is -1.92. The second-order valence-electron chi connectivity index (χ2n) is 2.04. The van der Waals surface area contributed by atoms with Crippen LogP contribution in [0.2, 0.25) is 0 Å². The summed E-state index contributed by atoms with van der Waals surface area (Å²) in [6, 6.07) is 0. The Morgan fingerprint density at radius 2 is 2.18 bits per heavy atom. The maximum Gasteiger partial charge on any atom is 0.0917 e. The van der Waals surface area contributed by atoms with Crippen molar-refractivity contribution in [1.82, 2.24) is 15.4 Å². The third-order valence-electron chi connectivity index (χ3n) is 1.32. The number of hydrogen-bond donors (Lipinski definition) is 0. The van der Waals surface area contributed by atoms with E-state index in [-0.39, 0.29) is 0 Å². The highest BCUT2D eigenvalue weighted by Crippen LogP contribution is 2.08. The Hall–Kier alpha value is -1.71. The highest BCUT2D eigenvalue weighted by molar-refractivity contribution is 6.09. The van der Waals surface area contributed by atoms with Crippen molar-refractivity contribution in [2.45, 2.75) is 0 Å². The number of hydrogen-bond acceptors (Lipinski definition) is 3. The van der Waals surface area contributed by atoms with E-state index in [0.29, 0.717) is 0 Å². The van der Waals surface area contributed by atoms with Gasteiger partial charge in [0.2, 0.25) is 0 Å². The SMILES string of the molecule is C1=N[N]C=C1c1cnccn1. The largest absolute Gasteiger partial charge is 0.261 e. The molecule has 0 unspecified atom stereocenters. The lowest BCUT2D eigenvalue weighted by Crippen LogP contribution is -1.88. The van der Waals surface area contributed by atoms with Gasteiger partial charge in [0.05, 0.1) is 24.3 Å². The summed E-state index contributed by atoms with van der Waals surface area (Å²) in [6.45, 7) is 0. The molecular weight excluding hydrogens is 140 g/mol. The predicted molar refractivity (Wildman–Crippen MR) is 40.6 cm³/mol. The van der Waals surface area contributed by atoms with E-state index in [4.69, 9.17) is 0 Å². The molecule has 0 amide bonds. The summed E-state index contributed by atoms with van der Waals surface area (Å²) in [7, 11) is 0. The molecule has 0 spiro atoms. The number of aromatic nitrogens is 2. The zero-order valence-electron chi connectivity index (χ0n) is 5.68. The lowest BCUT2D eigenvalue weighted by atomic mass is 10.2. The molecule has 0 fully saturated rings. The van der Waals surface area contributed by atoms with Crippen LogP contribution in [0.25, 0.3) is 5.57 Å². The minimum absolute atomic E-state index is 0.803. The highest BCUT2D eigenvalue weighted by Gasteiger charge is 2.03. The summed E-state index contributed by atoms with van der Waals surface area (Å²) in [5, 5.41) is 3.68. The minimum atomic E-state index is 0.803. The molecule has 0 atom stereocenters. The fraction of sp³-hybridized carbons (Fsp3) is 0. The van der Waals surface area contributed by atoms with E-state index in [1.807, 2.05) is 0 Å². The Morgan fingerprint density at radius 1 is 1.18 bits per heavy atom. The molecule has 0 saturated heterocycles. The van der Waals surface area contributed by atoms with Gasteiger partial charge in [-0.1, -0.05) is 0 Å². The summed E-state index contributed by atoms with van der Waals surface area (Å²) in [5.41, 5.74) is 5.39. The molecule has 11 heavy (non-hydrogen) atoms. The van der Waals surface area contributed by atoms with Crippen molar-refractivity contribution in [1.29, 1.82) is 0 Å². The van der Waals surface area contributed by atoms with Gasteiger partial charge in [-0.3, -0.25) is 9.97 Å². The molecule has 1 aromatic rings. The molecule has 4 heteroatoms. The van der Waals surface area contributed by atoms with Crippen LogP contribution in [0.15, 0.2) is 29.9 Å². The van der Waals surface area contributed by atoms with Gasteiger partial charge in [-0.15, -0.1) is 0 Å². The third-order valence-corrected chi connectivity index (χ3v) is 1.32. The van der Waals surface area contributed by atoms with Crippen molar-refractivity contribution in [2.75, 3.05) is 0 Å². The maximum absolute atomic E-state index is 4.08. The Kier molecular flexibility index (Phi) is 1.37. The molecule has 4 nitrogen and oxygen atoms in total. The molecule has 1 radical (unpaired) electrons. The van der Waals surface area contributed by atoms with Gasteiger partial charge in [0.1, 0.15) is 0 Å². The zero-order valence-corrected chi connectivity index (χ0v) is 5.68. The molecule has 0 aliphatic carbocycles. The zero-order chi connectivity index (χ0) is 7.52. The summed E-state index contributed by atoms with van der Waals surface area (Å²) in [4.78, 5) is 8.00. The number of rotatable bonds is 1. The van der Waals surface area contributed by atoms with Crippen molar-refractivity contribution in [3.63, 3.8) is 0 Å². The van der Waals surface area contributed by atoms with Crippen molar-refractivity contribution in [3.8, 4) is 0 Å². The van der Waals surface area contributed by atoms with E-state index >= 15 is 0 Å². The Balaban J connectivity index is 2.37. The van der Waals surface area contributed by atoms with Crippen LogP contribution in [0.4, 0.5) is 0 Å². The van der Waals surface area contributed by atoms with Gasteiger partial charge in [0.25, 0.3) is 0 Å². The van der Waals surface area contributed by atoms with Gasteiger partial charge in [0, 0.05) is 18.0 Å². The fourth-order valence-corrected chi connectivity index (χ4v) is 0.805. The van der Waals surface area contributed by atoms with Gasteiger partial charge >= 0.3 is 0 Å². The predicted octanol–water partition coefficient (Wildman–Crippen LogP) is 0.421. The molecule has 2 heterocycles. The smallest absolute Gasteiger partial charge is 0.0917 e. The summed E-state index contributed by atoms with van der Waals surface area (Å²) < 4.78 is 0. The van der Waals surface area contributed by atoms with Crippen LogP contribution in [0.5, 0.6) is 0 Å². The summed E-state index contributed by atoms with van der Waals surface area (Å²) in [5.74, 6) is 0. The first-order valence-electron chi connectivity index (χ1n) is 3.16. The minimum Gasteiger partial charge on any atom is -0.261 e. The Morgan fingerprint density at radius 3 is 2.82 bits per heavy atom.